The highest BCUT2D eigenvalue weighted by Crippen LogP contribution is 2.20. The van der Waals surface area contributed by atoms with Gasteiger partial charge in [-0.05, 0) is 26.3 Å². The first-order valence-electron chi connectivity index (χ1n) is 7.38. The molecule has 1 rings (SSSR count). The van der Waals surface area contributed by atoms with Crippen molar-refractivity contribution in [2.45, 2.75) is 45.5 Å². The average molecular weight is 323 g/mol. The standard InChI is InChI=1S/C14H24F3N3O2/c1-9(2)7-11-12(21)18-5-6-20(11)13(22)10(3)19(4)8-14(15,16)17/h9-11H,5-8H2,1-4H3,(H,18,21). The Kier molecular flexibility index (Phi) is 6.22. The van der Waals surface area contributed by atoms with Gasteiger partial charge in [0.15, 0.2) is 0 Å². The van der Waals surface area contributed by atoms with Crippen LogP contribution >= 0.6 is 0 Å². The van der Waals surface area contributed by atoms with Crippen LogP contribution in [-0.2, 0) is 9.59 Å². The van der Waals surface area contributed by atoms with Crippen molar-refractivity contribution in [2.24, 2.45) is 5.92 Å². The van der Waals surface area contributed by atoms with Crippen molar-refractivity contribution in [2.75, 3.05) is 26.7 Å². The van der Waals surface area contributed by atoms with Crippen LogP contribution in [0, 0.1) is 5.92 Å². The molecule has 5 nitrogen and oxygen atoms in total. The van der Waals surface area contributed by atoms with Gasteiger partial charge in [0.05, 0.1) is 12.6 Å². The van der Waals surface area contributed by atoms with E-state index in [0.717, 1.165) is 4.90 Å². The van der Waals surface area contributed by atoms with Crippen molar-refractivity contribution in [3.63, 3.8) is 0 Å². The van der Waals surface area contributed by atoms with Crippen LogP contribution in [-0.4, -0.2) is 66.6 Å². The van der Waals surface area contributed by atoms with Crippen molar-refractivity contribution in [1.29, 1.82) is 0 Å². The van der Waals surface area contributed by atoms with E-state index in [4.69, 9.17) is 0 Å². The first-order valence-corrected chi connectivity index (χ1v) is 7.38. The van der Waals surface area contributed by atoms with Crippen LogP contribution in [0.2, 0.25) is 0 Å². The molecule has 1 fully saturated rings. The van der Waals surface area contributed by atoms with Crippen LogP contribution < -0.4 is 5.32 Å². The third-order valence-electron chi connectivity index (χ3n) is 3.76. The minimum atomic E-state index is -4.36. The lowest BCUT2D eigenvalue weighted by atomic mass is 9.99. The lowest BCUT2D eigenvalue weighted by Crippen LogP contribution is -2.61. The number of hydrogen-bond donors (Lipinski definition) is 1. The number of nitrogens with zero attached hydrogens (tertiary/aromatic N) is 2. The summed E-state index contributed by atoms with van der Waals surface area (Å²) in [7, 11) is 1.26. The van der Waals surface area contributed by atoms with Crippen LogP contribution in [0.25, 0.3) is 0 Å². The van der Waals surface area contributed by atoms with Crippen molar-refractivity contribution in [3.8, 4) is 0 Å². The predicted octanol–water partition coefficient (Wildman–Crippen LogP) is 1.24. The van der Waals surface area contributed by atoms with E-state index in [-0.39, 0.29) is 11.8 Å². The molecule has 22 heavy (non-hydrogen) atoms. The van der Waals surface area contributed by atoms with Crippen LogP contribution in [0.1, 0.15) is 27.2 Å². The van der Waals surface area contributed by atoms with E-state index >= 15 is 0 Å². The van der Waals surface area contributed by atoms with Gasteiger partial charge >= 0.3 is 6.18 Å². The minimum Gasteiger partial charge on any atom is -0.353 e. The molecule has 0 saturated carbocycles. The molecule has 2 unspecified atom stereocenters. The van der Waals surface area contributed by atoms with Crippen molar-refractivity contribution in [3.05, 3.63) is 0 Å². The number of halogens is 3. The van der Waals surface area contributed by atoms with Gasteiger partial charge in [-0.2, -0.15) is 13.2 Å². The van der Waals surface area contributed by atoms with Gasteiger partial charge in [0.25, 0.3) is 0 Å². The molecule has 8 heteroatoms. The third kappa shape index (κ3) is 5.15. The summed E-state index contributed by atoms with van der Waals surface area (Å²) >= 11 is 0. The number of hydrogen-bond acceptors (Lipinski definition) is 3. The van der Waals surface area contributed by atoms with Gasteiger partial charge < -0.3 is 10.2 Å². The first kappa shape index (κ1) is 18.7. The minimum absolute atomic E-state index is 0.201. The Morgan fingerprint density at radius 1 is 1.41 bits per heavy atom. The highest BCUT2D eigenvalue weighted by Gasteiger charge is 2.38. The van der Waals surface area contributed by atoms with E-state index in [1.165, 1.54) is 18.9 Å². The van der Waals surface area contributed by atoms with E-state index in [9.17, 15) is 22.8 Å². The second-order valence-corrected chi connectivity index (χ2v) is 6.17. The topological polar surface area (TPSA) is 52.7 Å². The predicted molar refractivity (Wildman–Crippen MR) is 76.1 cm³/mol. The maximum Gasteiger partial charge on any atom is 0.401 e. The lowest BCUT2D eigenvalue weighted by Gasteiger charge is -2.39. The van der Waals surface area contributed by atoms with Gasteiger partial charge in [0.1, 0.15) is 6.04 Å². The van der Waals surface area contributed by atoms with Gasteiger partial charge in [-0.25, -0.2) is 0 Å². The molecule has 1 N–H and O–H groups in total. The van der Waals surface area contributed by atoms with E-state index in [2.05, 4.69) is 5.32 Å². The molecule has 1 aliphatic rings. The monoisotopic (exact) mass is 323 g/mol. The molecule has 1 saturated heterocycles. The fourth-order valence-electron chi connectivity index (χ4n) is 2.51. The molecule has 0 aromatic heterocycles. The SMILES string of the molecule is CC(C)CC1C(=O)NCCN1C(=O)C(C)N(C)CC(F)(F)F. The van der Waals surface area contributed by atoms with Crippen molar-refractivity contribution >= 4 is 11.8 Å². The van der Waals surface area contributed by atoms with Gasteiger partial charge in [0.2, 0.25) is 11.8 Å². The zero-order valence-electron chi connectivity index (χ0n) is 13.4. The second kappa shape index (κ2) is 7.30. The molecule has 0 radical (unpaired) electrons. The molecule has 1 heterocycles. The normalized spacial score (nSPS) is 21.2. The summed E-state index contributed by atoms with van der Waals surface area (Å²) in [6.07, 6.45) is -3.87. The number of carbonyl (C=O) groups is 2. The molecule has 0 spiro atoms. The number of carbonyl (C=O) groups excluding carboxylic acids is 2. The van der Waals surface area contributed by atoms with Crippen LogP contribution in [0.15, 0.2) is 0 Å². The Morgan fingerprint density at radius 3 is 2.50 bits per heavy atom. The molecule has 128 valence electrons. The third-order valence-corrected chi connectivity index (χ3v) is 3.76. The van der Waals surface area contributed by atoms with Gasteiger partial charge in [-0.1, -0.05) is 13.8 Å². The summed E-state index contributed by atoms with van der Waals surface area (Å²) in [5.74, 6) is -0.474. The Hall–Kier alpha value is -1.31. The van der Waals surface area contributed by atoms with E-state index in [1.807, 2.05) is 13.8 Å². The van der Waals surface area contributed by atoms with Crippen molar-refractivity contribution in [1.82, 2.24) is 15.1 Å². The average Bonchev–Trinajstić information content (AvgIpc) is 2.37. The lowest BCUT2D eigenvalue weighted by molar-refractivity contribution is -0.158. The summed E-state index contributed by atoms with van der Waals surface area (Å²) in [6.45, 7) is 4.80. The fourth-order valence-corrected chi connectivity index (χ4v) is 2.51. The molecule has 0 aliphatic carbocycles. The van der Waals surface area contributed by atoms with Crippen LogP contribution in [0.3, 0.4) is 0 Å². The highest BCUT2D eigenvalue weighted by atomic mass is 19.4. The van der Waals surface area contributed by atoms with E-state index in [1.54, 1.807) is 0 Å². The number of nitrogens with one attached hydrogen (secondary N) is 1. The Labute approximate surface area is 128 Å². The van der Waals surface area contributed by atoms with E-state index < -0.39 is 30.7 Å². The summed E-state index contributed by atoms with van der Waals surface area (Å²) < 4.78 is 37.4. The molecular formula is C14H24F3N3O2. The van der Waals surface area contributed by atoms with Gasteiger partial charge in [-0.15, -0.1) is 0 Å². The molecule has 2 atom stereocenters. The molecular weight excluding hydrogens is 299 g/mol. The molecule has 2 amide bonds. The Bertz CT molecular complexity index is 413. The first-order chi connectivity index (χ1) is 10.0. The summed E-state index contributed by atoms with van der Waals surface area (Å²) in [5, 5.41) is 2.70. The summed E-state index contributed by atoms with van der Waals surface area (Å²) in [6, 6.07) is -1.54. The maximum absolute atomic E-state index is 12.5. The number of piperazine rings is 1. The summed E-state index contributed by atoms with van der Waals surface area (Å²) in [4.78, 5) is 26.8. The second-order valence-electron chi connectivity index (χ2n) is 6.17. The zero-order valence-corrected chi connectivity index (χ0v) is 13.4. The Morgan fingerprint density at radius 2 is 2.00 bits per heavy atom. The summed E-state index contributed by atoms with van der Waals surface area (Å²) in [5.41, 5.74) is 0. The van der Waals surface area contributed by atoms with E-state index in [0.29, 0.717) is 19.5 Å². The molecule has 0 bridgehead atoms. The van der Waals surface area contributed by atoms with Crippen molar-refractivity contribution < 1.29 is 22.8 Å². The fraction of sp³-hybridized carbons (Fsp3) is 0.857. The van der Waals surface area contributed by atoms with Crippen LogP contribution in [0.4, 0.5) is 13.2 Å². The number of rotatable bonds is 5. The van der Waals surface area contributed by atoms with Gasteiger partial charge in [-0.3, -0.25) is 14.5 Å². The smallest absolute Gasteiger partial charge is 0.353 e. The maximum atomic E-state index is 12.5. The number of likely N-dealkylation sites (N-methyl/N-ethyl adjacent to an activating group) is 1. The quantitative estimate of drug-likeness (QED) is 0.828. The van der Waals surface area contributed by atoms with Gasteiger partial charge in [0, 0.05) is 13.1 Å². The molecule has 0 aromatic rings. The zero-order chi connectivity index (χ0) is 17.1. The molecule has 0 aromatic carbocycles. The number of amides is 2. The Balaban J connectivity index is 2.81. The molecule has 1 aliphatic heterocycles. The van der Waals surface area contributed by atoms with Crippen LogP contribution in [0.5, 0.6) is 0 Å². The highest BCUT2D eigenvalue weighted by molar-refractivity contribution is 5.90. The largest absolute Gasteiger partial charge is 0.401 e. The number of alkyl halides is 3.